The van der Waals surface area contributed by atoms with Crippen molar-refractivity contribution in [3.63, 3.8) is 0 Å². The molecule has 1 heterocycles. The zero-order valence-electron chi connectivity index (χ0n) is 16.0. The number of carbonyl (C=O) groups is 2. The molecule has 0 saturated heterocycles. The van der Waals surface area contributed by atoms with Gasteiger partial charge in [-0.3, -0.25) is 14.2 Å². The summed E-state index contributed by atoms with van der Waals surface area (Å²) in [7, 11) is 0. The molecule has 0 fully saturated rings. The third kappa shape index (κ3) is 5.01. The van der Waals surface area contributed by atoms with Crippen molar-refractivity contribution in [1.82, 2.24) is 9.55 Å². The number of benzene rings is 2. The fraction of sp³-hybridized carbons (Fsp3) is 0.190. The van der Waals surface area contributed by atoms with Gasteiger partial charge in [-0.1, -0.05) is 23.9 Å². The van der Waals surface area contributed by atoms with Gasteiger partial charge >= 0.3 is 0 Å². The first-order valence-corrected chi connectivity index (χ1v) is 9.82. The number of carbonyl (C=O) groups excluding carboxylic acids is 2. The molecule has 0 aliphatic rings. The SMILES string of the molecule is CC(=O)Nc1cccc(NC(=O)CSc2nccn2-c2ccc(C)c(C)c2)c1. The van der Waals surface area contributed by atoms with Crippen LogP contribution in [0.2, 0.25) is 0 Å². The Kier molecular flexibility index (Phi) is 6.16. The summed E-state index contributed by atoms with van der Waals surface area (Å²) in [6.07, 6.45) is 3.62. The molecule has 3 rings (SSSR count). The van der Waals surface area contributed by atoms with Crippen molar-refractivity contribution >= 4 is 35.0 Å². The number of amides is 2. The number of nitrogens with one attached hydrogen (secondary N) is 2. The Morgan fingerprint density at radius 2 is 1.79 bits per heavy atom. The van der Waals surface area contributed by atoms with Crippen LogP contribution in [0.3, 0.4) is 0 Å². The number of nitrogens with zero attached hydrogens (tertiary/aromatic N) is 2. The van der Waals surface area contributed by atoms with Crippen molar-refractivity contribution in [2.75, 3.05) is 16.4 Å². The van der Waals surface area contributed by atoms with Crippen LogP contribution >= 0.6 is 11.8 Å². The molecule has 0 bridgehead atoms. The van der Waals surface area contributed by atoms with Gasteiger partial charge < -0.3 is 10.6 Å². The lowest BCUT2D eigenvalue weighted by Crippen LogP contribution is -2.15. The third-order valence-corrected chi connectivity index (χ3v) is 5.14. The molecule has 6 nitrogen and oxygen atoms in total. The summed E-state index contributed by atoms with van der Waals surface area (Å²) >= 11 is 1.37. The Balaban J connectivity index is 1.64. The lowest BCUT2D eigenvalue weighted by Gasteiger charge is -2.10. The number of aryl methyl sites for hydroxylation is 2. The summed E-state index contributed by atoms with van der Waals surface area (Å²) < 4.78 is 1.97. The molecule has 3 aromatic rings. The van der Waals surface area contributed by atoms with Crippen molar-refractivity contribution < 1.29 is 9.59 Å². The molecule has 0 aliphatic heterocycles. The fourth-order valence-electron chi connectivity index (χ4n) is 2.67. The van der Waals surface area contributed by atoms with Gasteiger partial charge in [0.1, 0.15) is 0 Å². The highest BCUT2D eigenvalue weighted by molar-refractivity contribution is 7.99. The van der Waals surface area contributed by atoms with Gasteiger partial charge in [0.2, 0.25) is 11.8 Å². The molecule has 144 valence electrons. The van der Waals surface area contributed by atoms with Gasteiger partial charge in [0.05, 0.1) is 5.75 Å². The lowest BCUT2D eigenvalue weighted by molar-refractivity contribution is -0.114. The van der Waals surface area contributed by atoms with E-state index in [2.05, 4.69) is 41.6 Å². The highest BCUT2D eigenvalue weighted by atomic mass is 32.2. The van der Waals surface area contributed by atoms with Crippen LogP contribution in [0.4, 0.5) is 11.4 Å². The van der Waals surface area contributed by atoms with E-state index >= 15 is 0 Å². The molecule has 0 radical (unpaired) electrons. The minimum atomic E-state index is -0.155. The molecule has 2 amide bonds. The number of anilines is 2. The van der Waals surface area contributed by atoms with Crippen molar-refractivity contribution in [3.8, 4) is 5.69 Å². The van der Waals surface area contributed by atoms with Crippen LogP contribution in [-0.2, 0) is 9.59 Å². The van der Waals surface area contributed by atoms with Crippen molar-refractivity contribution in [1.29, 1.82) is 0 Å². The zero-order chi connectivity index (χ0) is 20.1. The van der Waals surface area contributed by atoms with Crippen LogP contribution in [-0.4, -0.2) is 27.1 Å². The maximum atomic E-state index is 12.3. The van der Waals surface area contributed by atoms with Gasteiger partial charge in [-0.25, -0.2) is 4.98 Å². The molecule has 2 aromatic carbocycles. The van der Waals surface area contributed by atoms with E-state index in [1.165, 1.54) is 29.8 Å². The number of rotatable bonds is 6. The first-order chi connectivity index (χ1) is 13.4. The summed E-state index contributed by atoms with van der Waals surface area (Å²) in [6, 6.07) is 13.3. The number of hydrogen-bond donors (Lipinski definition) is 2. The second kappa shape index (κ2) is 8.75. The van der Waals surface area contributed by atoms with E-state index in [0.29, 0.717) is 11.4 Å². The monoisotopic (exact) mass is 394 g/mol. The molecule has 0 spiro atoms. The van der Waals surface area contributed by atoms with Crippen LogP contribution in [0.5, 0.6) is 0 Å². The van der Waals surface area contributed by atoms with Gasteiger partial charge in [-0.2, -0.15) is 0 Å². The summed E-state index contributed by atoms with van der Waals surface area (Å²) in [5.74, 6) is -0.0662. The van der Waals surface area contributed by atoms with E-state index in [1.54, 1.807) is 30.5 Å². The van der Waals surface area contributed by atoms with Crippen molar-refractivity contribution in [2.24, 2.45) is 0 Å². The Labute approximate surface area is 168 Å². The van der Waals surface area contributed by atoms with Gasteiger partial charge in [0, 0.05) is 36.4 Å². The summed E-state index contributed by atoms with van der Waals surface area (Å²) in [5.41, 5.74) is 4.74. The summed E-state index contributed by atoms with van der Waals surface area (Å²) in [5, 5.41) is 6.30. The van der Waals surface area contributed by atoms with E-state index in [0.717, 1.165) is 10.8 Å². The quantitative estimate of drug-likeness (QED) is 0.615. The zero-order valence-corrected chi connectivity index (χ0v) is 16.8. The van der Waals surface area contributed by atoms with Gasteiger partial charge in [0.15, 0.2) is 5.16 Å². The molecule has 28 heavy (non-hydrogen) atoms. The predicted molar refractivity (Wildman–Crippen MR) is 113 cm³/mol. The van der Waals surface area contributed by atoms with E-state index in [4.69, 9.17) is 0 Å². The Morgan fingerprint density at radius 3 is 2.50 bits per heavy atom. The number of imidazole rings is 1. The standard InChI is InChI=1S/C21H22N4O2S/c1-14-7-8-19(11-15(14)2)25-10-9-22-21(25)28-13-20(27)24-18-6-4-5-17(12-18)23-16(3)26/h4-12H,13H2,1-3H3,(H,23,26)(H,24,27). The largest absolute Gasteiger partial charge is 0.326 e. The van der Waals surface area contributed by atoms with E-state index < -0.39 is 0 Å². The van der Waals surface area contributed by atoms with Crippen molar-refractivity contribution in [3.05, 3.63) is 66.0 Å². The fourth-order valence-corrected chi connectivity index (χ4v) is 3.45. The Morgan fingerprint density at radius 1 is 1.04 bits per heavy atom. The average molecular weight is 395 g/mol. The first kappa shape index (κ1) is 19.7. The maximum Gasteiger partial charge on any atom is 0.234 e. The van der Waals surface area contributed by atoms with E-state index in [9.17, 15) is 9.59 Å². The van der Waals surface area contributed by atoms with Crippen molar-refractivity contribution in [2.45, 2.75) is 25.9 Å². The number of thioether (sulfide) groups is 1. The topological polar surface area (TPSA) is 76.0 Å². The first-order valence-electron chi connectivity index (χ1n) is 8.83. The van der Waals surface area contributed by atoms with Gasteiger partial charge in [0.25, 0.3) is 0 Å². The molecule has 0 unspecified atom stereocenters. The summed E-state index contributed by atoms with van der Waals surface area (Å²) in [6.45, 7) is 5.60. The van der Waals surface area contributed by atoms with E-state index in [-0.39, 0.29) is 17.6 Å². The molecular weight excluding hydrogens is 372 g/mol. The second-order valence-electron chi connectivity index (χ2n) is 6.45. The minimum absolute atomic E-state index is 0.139. The smallest absolute Gasteiger partial charge is 0.234 e. The second-order valence-corrected chi connectivity index (χ2v) is 7.39. The van der Waals surface area contributed by atoms with Crippen LogP contribution in [0.1, 0.15) is 18.1 Å². The highest BCUT2D eigenvalue weighted by Gasteiger charge is 2.10. The number of aromatic nitrogens is 2. The molecule has 2 N–H and O–H groups in total. The predicted octanol–water partition coefficient (Wildman–Crippen LogP) is 4.18. The molecule has 7 heteroatoms. The summed E-state index contributed by atoms with van der Waals surface area (Å²) in [4.78, 5) is 27.9. The number of hydrogen-bond acceptors (Lipinski definition) is 4. The van der Waals surface area contributed by atoms with Crippen LogP contribution in [0.15, 0.2) is 60.0 Å². The molecule has 0 saturated carbocycles. The minimum Gasteiger partial charge on any atom is -0.326 e. The molecule has 1 aromatic heterocycles. The van der Waals surface area contributed by atoms with Crippen LogP contribution in [0, 0.1) is 13.8 Å². The molecular formula is C21H22N4O2S. The average Bonchev–Trinajstić information content (AvgIpc) is 3.10. The van der Waals surface area contributed by atoms with Gasteiger partial charge in [-0.05, 0) is 55.3 Å². The third-order valence-electron chi connectivity index (χ3n) is 4.17. The molecule has 0 aliphatic carbocycles. The van der Waals surface area contributed by atoms with E-state index in [1.807, 2.05) is 16.8 Å². The Bertz CT molecular complexity index is 1010. The maximum absolute atomic E-state index is 12.3. The van der Waals surface area contributed by atoms with Crippen LogP contribution < -0.4 is 10.6 Å². The Hall–Kier alpha value is -3.06. The molecule has 0 atom stereocenters. The normalized spacial score (nSPS) is 10.5. The highest BCUT2D eigenvalue weighted by Crippen LogP contribution is 2.23. The lowest BCUT2D eigenvalue weighted by atomic mass is 10.1. The van der Waals surface area contributed by atoms with Gasteiger partial charge in [-0.15, -0.1) is 0 Å². The van der Waals surface area contributed by atoms with Crippen LogP contribution in [0.25, 0.3) is 5.69 Å².